The van der Waals surface area contributed by atoms with Crippen molar-refractivity contribution >= 4 is 11.6 Å². The Labute approximate surface area is 92.6 Å². The molecule has 1 aromatic carbocycles. The van der Waals surface area contributed by atoms with Crippen molar-refractivity contribution in [1.29, 1.82) is 0 Å². The number of non-ortho nitro benzene ring substituents is 1. The lowest BCUT2D eigenvalue weighted by molar-refractivity contribution is -0.384. The van der Waals surface area contributed by atoms with Crippen LogP contribution >= 0.6 is 0 Å². The topological polar surface area (TPSA) is 72.2 Å². The minimum Gasteiger partial charge on any atom is -0.350 e. The van der Waals surface area contributed by atoms with Crippen molar-refractivity contribution in [3.05, 3.63) is 39.4 Å². The Kier molecular flexibility index (Phi) is 2.60. The van der Waals surface area contributed by atoms with Gasteiger partial charge < -0.3 is 5.32 Å². The van der Waals surface area contributed by atoms with Crippen LogP contribution < -0.4 is 5.32 Å². The van der Waals surface area contributed by atoms with Crippen LogP contribution in [0.3, 0.4) is 0 Å². The number of carbonyl (C=O) groups excluding carboxylic acids is 1. The monoisotopic (exact) mass is 220 g/mol. The molecule has 0 bridgehead atoms. The maximum absolute atomic E-state index is 11.0. The summed E-state index contributed by atoms with van der Waals surface area (Å²) in [6, 6.07) is 4.82. The maximum Gasteiger partial charge on any atom is 0.269 e. The second-order valence-corrected chi connectivity index (χ2v) is 3.93. The van der Waals surface area contributed by atoms with Gasteiger partial charge in [0.25, 0.3) is 5.69 Å². The summed E-state index contributed by atoms with van der Waals surface area (Å²) in [6.45, 7) is 1.48. The fourth-order valence-corrected chi connectivity index (χ4v) is 2.11. The molecule has 1 N–H and O–H groups in total. The highest BCUT2D eigenvalue weighted by Crippen LogP contribution is 2.33. The van der Waals surface area contributed by atoms with Crippen LogP contribution in [0.4, 0.5) is 5.69 Å². The minimum atomic E-state index is -0.397. The number of nitro benzene ring substituents is 1. The molecular formula is C11H12N2O3. The van der Waals surface area contributed by atoms with Gasteiger partial charge in [0, 0.05) is 19.1 Å². The zero-order valence-corrected chi connectivity index (χ0v) is 8.90. The highest BCUT2D eigenvalue weighted by molar-refractivity contribution is 5.73. The van der Waals surface area contributed by atoms with Crippen LogP contribution in [-0.2, 0) is 11.2 Å². The SMILES string of the molecule is CC(=O)NC1CCc2cc([N+](=O)[O-])ccc21. The average molecular weight is 220 g/mol. The largest absolute Gasteiger partial charge is 0.350 e. The van der Waals surface area contributed by atoms with E-state index >= 15 is 0 Å². The number of nitrogens with zero attached hydrogens (tertiary/aromatic N) is 1. The predicted octanol–water partition coefficient (Wildman–Crippen LogP) is 1.72. The van der Waals surface area contributed by atoms with Crippen molar-refractivity contribution in [3.63, 3.8) is 0 Å². The van der Waals surface area contributed by atoms with Gasteiger partial charge in [-0.1, -0.05) is 0 Å². The van der Waals surface area contributed by atoms with E-state index in [1.54, 1.807) is 12.1 Å². The second kappa shape index (κ2) is 3.92. The van der Waals surface area contributed by atoms with Gasteiger partial charge in [-0.3, -0.25) is 14.9 Å². The van der Waals surface area contributed by atoms with E-state index < -0.39 is 4.92 Å². The van der Waals surface area contributed by atoms with Crippen LogP contribution in [0.1, 0.15) is 30.5 Å². The molecule has 0 heterocycles. The third kappa shape index (κ3) is 1.88. The number of benzene rings is 1. The molecule has 1 aliphatic carbocycles. The number of nitro groups is 1. The van der Waals surface area contributed by atoms with Gasteiger partial charge in [0.1, 0.15) is 0 Å². The Morgan fingerprint density at radius 3 is 2.94 bits per heavy atom. The Bertz CT molecular complexity index is 457. The van der Waals surface area contributed by atoms with Crippen molar-refractivity contribution in [1.82, 2.24) is 5.32 Å². The molecule has 1 aliphatic rings. The Morgan fingerprint density at radius 1 is 1.56 bits per heavy atom. The van der Waals surface area contributed by atoms with Crippen LogP contribution in [0.25, 0.3) is 0 Å². The molecule has 0 aromatic heterocycles. The summed E-state index contributed by atoms with van der Waals surface area (Å²) in [4.78, 5) is 21.2. The molecule has 1 amide bonds. The number of nitrogens with one attached hydrogen (secondary N) is 1. The summed E-state index contributed by atoms with van der Waals surface area (Å²) in [5.74, 6) is -0.0730. The first-order valence-corrected chi connectivity index (χ1v) is 5.12. The van der Waals surface area contributed by atoms with Crippen molar-refractivity contribution in [2.24, 2.45) is 0 Å². The van der Waals surface area contributed by atoms with Gasteiger partial charge in [0.2, 0.25) is 5.91 Å². The van der Waals surface area contributed by atoms with Crippen LogP contribution in [-0.4, -0.2) is 10.8 Å². The van der Waals surface area contributed by atoms with Crippen LogP contribution in [0.5, 0.6) is 0 Å². The lowest BCUT2D eigenvalue weighted by atomic mass is 10.1. The zero-order valence-electron chi connectivity index (χ0n) is 8.90. The first-order chi connectivity index (χ1) is 7.58. The fraction of sp³-hybridized carbons (Fsp3) is 0.364. The van der Waals surface area contributed by atoms with Gasteiger partial charge in [-0.05, 0) is 30.0 Å². The summed E-state index contributed by atoms with van der Waals surface area (Å²) in [6.07, 6.45) is 1.60. The molecule has 0 spiro atoms. The number of aryl methyl sites for hydroxylation is 1. The quantitative estimate of drug-likeness (QED) is 0.609. The molecule has 16 heavy (non-hydrogen) atoms. The van der Waals surface area contributed by atoms with E-state index in [1.807, 2.05) is 0 Å². The van der Waals surface area contributed by atoms with Crippen molar-refractivity contribution in [2.45, 2.75) is 25.8 Å². The highest BCUT2D eigenvalue weighted by atomic mass is 16.6. The van der Waals surface area contributed by atoms with Gasteiger partial charge >= 0.3 is 0 Å². The van der Waals surface area contributed by atoms with Gasteiger partial charge in [-0.15, -0.1) is 0 Å². The van der Waals surface area contributed by atoms with Crippen LogP contribution in [0.2, 0.25) is 0 Å². The summed E-state index contributed by atoms with van der Waals surface area (Å²) in [5, 5.41) is 13.4. The van der Waals surface area contributed by atoms with Gasteiger partial charge in [-0.2, -0.15) is 0 Å². The number of hydrogen-bond donors (Lipinski definition) is 1. The van der Waals surface area contributed by atoms with Crippen molar-refractivity contribution in [2.75, 3.05) is 0 Å². The first-order valence-electron chi connectivity index (χ1n) is 5.12. The maximum atomic E-state index is 11.0. The molecule has 0 fully saturated rings. The minimum absolute atomic E-state index is 0.00769. The van der Waals surface area contributed by atoms with E-state index in [9.17, 15) is 14.9 Å². The van der Waals surface area contributed by atoms with Gasteiger partial charge in [-0.25, -0.2) is 0 Å². The van der Waals surface area contributed by atoms with Gasteiger partial charge in [0.05, 0.1) is 11.0 Å². The average Bonchev–Trinajstić information content (AvgIpc) is 2.60. The molecule has 0 saturated heterocycles. The van der Waals surface area contributed by atoms with Crippen molar-refractivity contribution < 1.29 is 9.72 Å². The third-order valence-corrected chi connectivity index (χ3v) is 2.79. The number of amides is 1. The first kappa shape index (κ1) is 10.6. The van der Waals surface area contributed by atoms with E-state index in [1.165, 1.54) is 13.0 Å². The van der Waals surface area contributed by atoms with E-state index in [4.69, 9.17) is 0 Å². The summed E-state index contributed by atoms with van der Waals surface area (Å²) < 4.78 is 0. The van der Waals surface area contributed by atoms with E-state index in [0.717, 1.165) is 24.0 Å². The summed E-state index contributed by atoms with van der Waals surface area (Å²) >= 11 is 0. The Hall–Kier alpha value is -1.91. The molecule has 5 heteroatoms. The third-order valence-electron chi connectivity index (χ3n) is 2.79. The molecule has 1 atom stereocenters. The van der Waals surface area contributed by atoms with E-state index in [2.05, 4.69) is 5.32 Å². The molecule has 0 saturated carbocycles. The molecule has 2 rings (SSSR count). The molecular weight excluding hydrogens is 208 g/mol. The van der Waals surface area contributed by atoms with E-state index in [-0.39, 0.29) is 17.6 Å². The number of rotatable bonds is 2. The predicted molar refractivity (Wildman–Crippen MR) is 58.0 cm³/mol. The lowest BCUT2D eigenvalue weighted by Crippen LogP contribution is -2.24. The van der Waals surface area contributed by atoms with Crippen LogP contribution in [0, 0.1) is 10.1 Å². The van der Waals surface area contributed by atoms with Gasteiger partial charge in [0.15, 0.2) is 0 Å². The second-order valence-electron chi connectivity index (χ2n) is 3.93. The fourth-order valence-electron chi connectivity index (χ4n) is 2.11. The smallest absolute Gasteiger partial charge is 0.269 e. The molecule has 84 valence electrons. The molecule has 1 aromatic rings. The summed E-state index contributed by atoms with van der Waals surface area (Å²) in [5.41, 5.74) is 2.08. The lowest BCUT2D eigenvalue weighted by Gasteiger charge is -2.11. The van der Waals surface area contributed by atoms with Crippen molar-refractivity contribution in [3.8, 4) is 0 Å². The molecule has 0 aliphatic heterocycles. The molecule has 1 unspecified atom stereocenters. The zero-order chi connectivity index (χ0) is 11.7. The number of fused-ring (bicyclic) bond motifs is 1. The number of carbonyl (C=O) groups is 1. The number of hydrogen-bond acceptors (Lipinski definition) is 3. The normalized spacial score (nSPS) is 17.9. The standard InChI is InChI=1S/C11H12N2O3/c1-7(14)12-11-5-2-8-6-9(13(15)16)3-4-10(8)11/h3-4,6,11H,2,5H2,1H3,(H,12,14). The molecule has 0 radical (unpaired) electrons. The Balaban J connectivity index is 2.28. The van der Waals surface area contributed by atoms with Crippen LogP contribution in [0.15, 0.2) is 18.2 Å². The molecule has 5 nitrogen and oxygen atoms in total. The Morgan fingerprint density at radius 2 is 2.31 bits per heavy atom. The highest BCUT2D eigenvalue weighted by Gasteiger charge is 2.24. The summed E-state index contributed by atoms with van der Waals surface area (Å²) in [7, 11) is 0. The van der Waals surface area contributed by atoms with E-state index in [0.29, 0.717) is 0 Å².